The first-order valence-corrected chi connectivity index (χ1v) is 11.2. The molecule has 2 heterocycles. The van der Waals surface area contributed by atoms with Crippen LogP contribution < -0.4 is 15.6 Å². The van der Waals surface area contributed by atoms with E-state index in [0.717, 1.165) is 11.0 Å². The number of imidazole rings is 1. The monoisotopic (exact) mass is 354 g/mol. The van der Waals surface area contributed by atoms with Crippen molar-refractivity contribution in [1.82, 2.24) is 9.38 Å². The first-order valence-electron chi connectivity index (χ1n) is 8.74. The third-order valence-electron chi connectivity index (χ3n) is 5.32. The van der Waals surface area contributed by atoms with Gasteiger partial charge in [-0.25, -0.2) is 0 Å². The molecule has 3 nitrogen and oxygen atoms in total. The molecule has 0 spiro atoms. The standard InChI is InChI=1S/C22H18N2OSi/c1-26(17-8-4-2-5-9-17,18-10-6-3-7-11-18)19-12-13-20-21(16-19)24-14-15-25-22(24)23-20/h2-16H,1H3. The van der Waals surface area contributed by atoms with Crippen molar-refractivity contribution >= 4 is 40.5 Å². The zero-order valence-corrected chi connectivity index (χ0v) is 15.5. The molecule has 0 atom stereocenters. The van der Waals surface area contributed by atoms with Crippen LogP contribution in [0.2, 0.25) is 6.55 Å². The van der Waals surface area contributed by atoms with Gasteiger partial charge in [0.2, 0.25) is 0 Å². The van der Waals surface area contributed by atoms with Gasteiger partial charge in [-0.3, -0.25) is 4.40 Å². The van der Waals surface area contributed by atoms with Crippen molar-refractivity contribution in [3.8, 4) is 0 Å². The Labute approximate surface area is 152 Å². The van der Waals surface area contributed by atoms with Gasteiger partial charge in [-0.1, -0.05) is 73.3 Å². The summed E-state index contributed by atoms with van der Waals surface area (Å²) in [6.45, 7) is 2.42. The Balaban J connectivity index is 1.81. The highest BCUT2D eigenvalue weighted by Crippen LogP contribution is 2.18. The van der Waals surface area contributed by atoms with E-state index in [4.69, 9.17) is 4.42 Å². The van der Waals surface area contributed by atoms with Crippen LogP contribution in [0.25, 0.3) is 16.9 Å². The molecule has 0 unspecified atom stereocenters. The smallest absolute Gasteiger partial charge is 0.306 e. The zero-order chi connectivity index (χ0) is 17.6. The second-order valence-electron chi connectivity index (χ2n) is 6.73. The number of aromatic nitrogens is 2. The summed E-state index contributed by atoms with van der Waals surface area (Å²) in [6.07, 6.45) is 3.61. The van der Waals surface area contributed by atoms with Crippen molar-refractivity contribution < 1.29 is 4.42 Å². The van der Waals surface area contributed by atoms with Crippen molar-refractivity contribution in [2.75, 3.05) is 0 Å². The van der Waals surface area contributed by atoms with Crippen LogP contribution in [-0.4, -0.2) is 17.5 Å². The largest absolute Gasteiger partial charge is 0.432 e. The van der Waals surface area contributed by atoms with Gasteiger partial charge >= 0.3 is 5.84 Å². The van der Waals surface area contributed by atoms with E-state index in [1.165, 1.54) is 15.6 Å². The van der Waals surface area contributed by atoms with Crippen LogP contribution in [-0.2, 0) is 0 Å². The van der Waals surface area contributed by atoms with E-state index in [1.807, 2.05) is 10.6 Å². The molecule has 5 rings (SSSR count). The molecule has 3 aromatic carbocycles. The van der Waals surface area contributed by atoms with E-state index >= 15 is 0 Å². The lowest BCUT2D eigenvalue weighted by Crippen LogP contribution is -2.64. The molecule has 126 valence electrons. The molecule has 26 heavy (non-hydrogen) atoms. The molecule has 0 aliphatic heterocycles. The summed E-state index contributed by atoms with van der Waals surface area (Å²) in [5.41, 5.74) is 2.06. The molecule has 5 aromatic rings. The topological polar surface area (TPSA) is 30.4 Å². The minimum Gasteiger partial charge on any atom is -0.432 e. The van der Waals surface area contributed by atoms with Gasteiger partial charge in [0.15, 0.2) is 0 Å². The molecule has 0 radical (unpaired) electrons. The van der Waals surface area contributed by atoms with Gasteiger partial charge in [-0.2, -0.15) is 4.98 Å². The molecule has 2 aromatic heterocycles. The van der Waals surface area contributed by atoms with Crippen LogP contribution >= 0.6 is 0 Å². The fourth-order valence-corrected chi connectivity index (χ4v) is 7.36. The summed E-state index contributed by atoms with van der Waals surface area (Å²) >= 11 is 0. The van der Waals surface area contributed by atoms with E-state index in [9.17, 15) is 0 Å². The van der Waals surface area contributed by atoms with E-state index < -0.39 is 8.07 Å². The summed E-state index contributed by atoms with van der Waals surface area (Å²) in [5.74, 6) is 0.639. The maximum absolute atomic E-state index is 5.46. The van der Waals surface area contributed by atoms with Gasteiger partial charge in [0, 0.05) is 6.20 Å². The Kier molecular flexibility index (Phi) is 3.33. The minimum absolute atomic E-state index is 0.639. The Morgan fingerprint density at radius 2 is 1.46 bits per heavy atom. The molecular weight excluding hydrogens is 336 g/mol. The van der Waals surface area contributed by atoms with Crippen molar-refractivity contribution in [2.45, 2.75) is 6.55 Å². The maximum atomic E-state index is 5.46. The van der Waals surface area contributed by atoms with E-state index in [2.05, 4.69) is 90.4 Å². The third-order valence-corrected chi connectivity index (χ3v) is 9.76. The predicted octanol–water partition coefficient (Wildman–Crippen LogP) is 3.18. The van der Waals surface area contributed by atoms with Gasteiger partial charge in [0.25, 0.3) is 0 Å². The quantitative estimate of drug-likeness (QED) is 0.368. The van der Waals surface area contributed by atoms with Crippen LogP contribution in [0.1, 0.15) is 0 Å². The molecule has 0 saturated carbocycles. The number of benzene rings is 3. The van der Waals surface area contributed by atoms with Crippen molar-refractivity contribution in [2.24, 2.45) is 0 Å². The van der Waals surface area contributed by atoms with Crippen LogP contribution in [0.4, 0.5) is 0 Å². The SMILES string of the molecule is C[Si](c1ccccc1)(c1ccccc1)c1ccc2nc3occn3c2c1. The molecular formula is C22H18N2OSi. The van der Waals surface area contributed by atoms with Crippen LogP contribution in [0.15, 0.2) is 95.7 Å². The number of oxazole rings is 1. The van der Waals surface area contributed by atoms with Gasteiger partial charge in [0.1, 0.15) is 14.3 Å². The van der Waals surface area contributed by atoms with Crippen molar-refractivity contribution in [3.05, 3.63) is 91.3 Å². The highest BCUT2D eigenvalue weighted by Gasteiger charge is 2.34. The average Bonchev–Trinajstić information content (AvgIpc) is 3.30. The lowest BCUT2D eigenvalue weighted by Gasteiger charge is -2.29. The normalized spacial score (nSPS) is 12.0. The van der Waals surface area contributed by atoms with Crippen molar-refractivity contribution in [1.29, 1.82) is 0 Å². The predicted molar refractivity (Wildman–Crippen MR) is 108 cm³/mol. The first kappa shape index (κ1) is 15.2. The van der Waals surface area contributed by atoms with Gasteiger partial charge in [0.05, 0.1) is 11.0 Å². The second kappa shape index (κ2) is 5.71. The number of nitrogens with zero attached hydrogens (tertiary/aromatic N) is 2. The van der Waals surface area contributed by atoms with Gasteiger partial charge < -0.3 is 4.42 Å². The Hall–Kier alpha value is -3.11. The van der Waals surface area contributed by atoms with Crippen LogP contribution in [0, 0.1) is 0 Å². The van der Waals surface area contributed by atoms with Gasteiger partial charge in [-0.15, -0.1) is 0 Å². The summed E-state index contributed by atoms with van der Waals surface area (Å²) in [7, 11) is -2.11. The van der Waals surface area contributed by atoms with Crippen LogP contribution in [0.3, 0.4) is 0 Å². The van der Waals surface area contributed by atoms with Crippen LogP contribution in [0.5, 0.6) is 0 Å². The molecule has 0 saturated heterocycles. The van der Waals surface area contributed by atoms with Gasteiger partial charge in [-0.05, 0) is 27.7 Å². The fourth-order valence-electron chi connectivity index (χ4n) is 3.80. The first-order chi connectivity index (χ1) is 12.8. The number of hydrogen-bond donors (Lipinski definition) is 0. The molecule has 0 amide bonds. The summed E-state index contributed by atoms with van der Waals surface area (Å²) in [4.78, 5) is 4.56. The molecule has 0 fully saturated rings. The summed E-state index contributed by atoms with van der Waals surface area (Å²) < 4.78 is 7.48. The molecule has 0 bridgehead atoms. The summed E-state index contributed by atoms with van der Waals surface area (Å²) in [5, 5.41) is 4.17. The molecule has 4 heteroatoms. The lowest BCUT2D eigenvalue weighted by molar-refractivity contribution is 0.597. The Morgan fingerprint density at radius 1 is 0.808 bits per heavy atom. The van der Waals surface area contributed by atoms with Crippen molar-refractivity contribution in [3.63, 3.8) is 0 Å². The number of hydrogen-bond acceptors (Lipinski definition) is 2. The highest BCUT2D eigenvalue weighted by molar-refractivity contribution is 7.10. The Bertz CT molecular complexity index is 1150. The van der Waals surface area contributed by atoms with E-state index in [-0.39, 0.29) is 0 Å². The third kappa shape index (κ3) is 2.16. The second-order valence-corrected chi connectivity index (χ2v) is 10.7. The molecule has 0 N–H and O–H groups in total. The van der Waals surface area contributed by atoms with E-state index in [0.29, 0.717) is 5.84 Å². The summed E-state index contributed by atoms with van der Waals surface area (Å²) in [6, 6.07) is 28.4. The fraction of sp³-hybridized carbons (Fsp3) is 0.0455. The van der Waals surface area contributed by atoms with E-state index in [1.54, 1.807) is 6.26 Å². The highest BCUT2D eigenvalue weighted by atomic mass is 28.3. The lowest BCUT2D eigenvalue weighted by atomic mass is 10.3. The molecule has 0 aliphatic rings. The molecule has 0 aliphatic carbocycles. The Morgan fingerprint density at radius 3 is 2.12 bits per heavy atom. The number of fused-ring (bicyclic) bond motifs is 3. The number of rotatable bonds is 3. The zero-order valence-electron chi connectivity index (χ0n) is 14.5. The maximum Gasteiger partial charge on any atom is 0.306 e. The average molecular weight is 354 g/mol. The minimum atomic E-state index is -2.11.